The van der Waals surface area contributed by atoms with Crippen LogP contribution in [-0.2, 0) is 9.59 Å². The van der Waals surface area contributed by atoms with E-state index in [0.29, 0.717) is 34.1 Å². The van der Waals surface area contributed by atoms with Crippen molar-refractivity contribution in [2.24, 2.45) is 0 Å². The van der Waals surface area contributed by atoms with Gasteiger partial charge in [-0.25, -0.2) is 4.79 Å². The molecule has 4 rings (SSSR count). The molecule has 4 aromatic rings. The summed E-state index contributed by atoms with van der Waals surface area (Å²) in [6.07, 6.45) is 3.17. The average molecular weight is 509 g/mol. The zero-order valence-electron chi connectivity index (χ0n) is 21.7. The van der Waals surface area contributed by atoms with Crippen molar-refractivity contribution in [3.63, 3.8) is 0 Å². The number of Topliss-reactive ketones (excluding diaryl/α,β-unsaturated/α-hetero) is 1. The lowest BCUT2D eigenvalue weighted by molar-refractivity contribution is -0.131. The second-order valence-electron chi connectivity index (χ2n) is 8.44. The lowest BCUT2D eigenvalue weighted by Gasteiger charge is -2.15. The Balaban J connectivity index is 1.84. The molecule has 0 fully saturated rings. The van der Waals surface area contributed by atoms with Crippen LogP contribution >= 0.6 is 0 Å². The lowest BCUT2D eigenvalue weighted by Crippen LogP contribution is -2.19. The van der Waals surface area contributed by atoms with Gasteiger partial charge in [-0.3, -0.25) is 4.79 Å². The van der Waals surface area contributed by atoms with Crippen LogP contribution in [0.15, 0.2) is 96.1 Å². The van der Waals surface area contributed by atoms with E-state index in [-0.39, 0.29) is 5.57 Å². The number of hydrogen-bond donors (Lipinski definition) is 0. The molecule has 0 amide bonds. The lowest BCUT2D eigenvalue weighted by atomic mass is 9.99. The second kappa shape index (κ2) is 11.9. The molecule has 6 nitrogen and oxygen atoms in total. The van der Waals surface area contributed by atoms with Gasteiger partial charge in [0.1, 0.15) is 28.6 Å². The number of esters is 1. The fourth-order valence-electron chi connectivity index (χ4n) is 4.05. The van der Waals surface area contributed by atoms with Gasteiger partial charge in [0.25, 0.3) is 0 Å². The number of methoxy groups -OCH3 is 3. The number of fused-ring (bicyclic) bond motifs is 1. The molecule has 38 heavy (non-hydrogen) atoms. The van der Waals surface area contributed by atoms with Gasteiger partial charge in [0.15, 0.2) is 5.78 Å². The predicted molar refractivity (Wildman–Crippen MR) is 149 cm³/mol. The van der Waals surface area contributed by atoms with Crippen LogP contribution < -0.4 is 18.9 Å². The first-order chi connectivity index (χ1) is 18.4. The molecular weight excluding hydrogens is 480 g/mol. The fourth-order valence-corrected chi connectivity index (χ4v) is 4.05. The van der Waals surface area contributed by atoms with Crippen molar-refractivity contribution >= 4 is 34.7 Å². The summed E-state index contributed by atoms with van der Waals surface area (Å²) in [4.78, 5) is 27.4. The summed E-state index contributed by atoms with van der Waals surface area (Å²) < 4.78 is 22.2. The Morgan fingerprint density at radius 1 is 0.684 bits per heavy atom. The van der Waals surface area contributed by atoms with Crippen LogP contribution in [0.3, 0.4) is 0 Å². The van der Waals surface area contributed by atoms with E-state index < -0.39 is 11.8 Å². The molecule has 0 saturated carbocycles. The summed E-state index contributed by atoms with van der Waals surface area (Å²) in [5, 5.41) is 1.67. The van der Waals surface area contributed by atoms with Crippen molar-refractivity contribution in [1.29, 1.82) is 0 Å². The van der Waals surface area contributed by atoms with E-state index in [9.17, 15) is 9.59 Å². The van der Waals surface area contributed by atoms with E-state index in [4.69, 9.17) is 18.9 Å². The first-order valence-corrected chi connectivity index (χ1v) is 11.9. The summed E-state index contributed by atoms with van der Waals surface area (Å²) in [6, 6.07) is 25.7. The van der Waals surface area contributed by atoms with Crippen LogP contribution in [0.25, 0.3) is 22.9 Å². The maximum Gasteiger partial charge on any atom is 0.347 e. The van der Waals surface area contributed by atoms with E-state index in [1.54, 1.807) is 37.3 Å². The molecule has 0 aromatic heterocycles. The van der Waals surface area contributed by atoms with Crippen LogP contribution in [-0.4, -0.2) is 33.1 Å². The van der Waals surface area contributed by atoms with E-state index in [1.807, 2.05) is 60.7 Å². The van der Waals surface area contributed by atoms with Crippen molar-refractivity contribution in [3.05, 3.63) is 107 Å². The van der Waals surface area contributed by atoms with Gasteiger partial charge in [0.2, 0.25) is 0 Å². The van der Waals surface area contributed by atoms with Crippen molar-refractivity contribution in [2.75, 3.05) is 21.3 Å². The minimum atomic E-state index is -0.799. The number of ether oxygens (including phenoxy) is 4. The molecule has 0 spiro atoms. The van der Waals surface area contributed by atoms with Gasteiger partial charge in [0.05, 0.1) is 26.9 Å². The number of allylic oxidation sites excluding steroid dienone is 1. The number of benzene rings is 4. The standard InChI is InChI=1S/C32H28O6/c1-21(17-22-11-6-5-7-12-22)31(33)27(20-26-29(36-3)18-24(35-2)19-30(26)37-4)32(34)38-28-16-10-14-23-13-8-9-15-25(23)28/h5-20H,1-4H3/b21-17+,27-20-. The molecular formula is C32H28O6. The highest BCUT2D eigenvalue weighted by atomic mass is 16.5. The molecule has 0 heterocycles. The summed E-state index contributed by atoms with van der Waals surface area (Å²) in [5.74, 6) is 0.307. The first kappa shape index (κ1) is 26.2. The molecule has 0 N–H and O–H groups in total. The Morgan fingerprint density at radius 2 is 1.32 bits per heavy atom. The predicted octanol–water partition coefficient (Wildman–Crippen LogP) is 6.53. The summed E-state index contributed by atoms with van der Waals surface area (Å²) in [7, 11) is 4.50. The minimum Gasteiger partial charge on any atom is -0.496 e. The Hall–Kier alpha value is -4.84. The highest BCUT2D eigenvalue weighted by molar-refractivity contribution is 6.28. The smallest absolute Gasteiger partial charge is 0.347 e. The molecule has 0 bridgehead atoms. The van der Waals surface area contributed by atoms with Gasteiger partial charge in [-0.05, 0) is 41.7 Å². The third-order valence-corrected chi connectivity index (χ3v) is 6.00. The molecule has 0 aliphatic rings. The number of carbonyl (C=O) groups excluding carboxylic acids is 2. The molecule has 4 aromatic carbocycles. The molecule has 0 radical (unpaired) electrons. The molecule has 0 aliphatic carbocycles. The monoisotopic (exact) mass is 508 g/mol. The van der Waals surface area contributed by atoms with Crippen molar-refractivity contribution in [2.45, 2.75) is 6.92 Å². The van der Waals surface area contributed by atoms with Gasteiger partial charge >= 0.3 is 5.97 Å². The fraction of sp³-hybridized carbons (Fsp3) is 0.125. The van der Waals surface area contributed by atoms with Crippen molar-refractivity contribution in [1.82, 2.24) is 0 Å². The van der Waals surface area contributed by atoms with Crippen LogP contribution in [0.4, 0.5) is 0 Å². The Bertz CT molecular complexity index is 1500. The van der Waals surface area contributed by atoms with E-state index in [0.717, 1.165) is 16.3 Å². The largest absolute Gasteiger partial charge is 0.496 e. The number of ketones is 1. The highest BCUT2D eigenvalue weighted by Crippen LogP contribution is 2.36. The van der Waals surface area contributed by atoms with Gasteiger partial charge < -0.3 is 18.9 Å². The summed E-state index contributed by atoms with van der Waals surface area (Å²) in [6.45, 7) is 1.66. The maximum atomic E-state index is 13.7. The Kier molecular flexibility index (Phi) is 8.23. The van der Waals surface area contributed by atoms with Gasteiger partial charge in [0, 0.05) is 17.5 Å². The molecule has 0 aliphatic heterocycles. The Morgan fingerprint density at radius 3 is 1.97 bits per heavy atom. The maximum absolute atomic E-state index is 13.7. The molecule has 0 saturated heterocycles. The zero-order valence-corrected chi connectivity index (χ0v) is 21.7. The van der Waals surface area contributed by atoms with Gasteiger partial charge in [-0.15, -0.1) is 0 Å². The average Bonchev–Trinajstić information content (AvgIpc) is 2.95. The first-order valence-electron chi connectivity index (χ1n) is 11.9. The van der Waals surface area contributed by atoms with Crippen molar-refractivity contribution in [3.8, 4) is 23.0 Å². The third kappa shape index (κ3) is 5.76. The minimum absolute atomic E-state index is 0.176. The van der Waals surface area contributed by atoms with Crippen molar-refractivity contribution < 1.29 is 28.5 Å². The van der Waals surface area contributed by atoms with E-state index in [2.05, 4.69) is 0 Å². The van der Waals surface area contributed by atoms with Gasteiger partial charge in [-0.2, -0.15) is 0 Å². The molecule has 192 valence electrons. The quantitative estimate of drug-likeness (QED) is 0.0842. The number of hydrogen-bond acceptors (Lipinski definition) is 6. The topological polar surface area (TPSA) is 71.1 Å². The van der Waals surface area contributed by atoms with E-state index >= 15 is 0 Å². The molecule has 0 atom stereocenters. The third-order valence-electron chi connectivity index (χ3n) is 6.00. The second-order valence-corrected chi connectivity index (χ2v) is 8.44. The van der Waals surface area contributed by atoms with E-state index in [1.165, 1.54) is 27.4 Å². The summed E-state index contributed by atoms with van der Waals surface area (Å²) in [5.41, 5.74) is 1.43. The van der Waals surface area contributed by atoms with Crippen LogP contribution in [0.5, 0.6) is 23.0 Å². The zero-order chi connectivity index (χ0) is 27.1. The summed E-state index contributed by atoms with van der Waals surface area (Å²) >= 11 is 0. The molecule has 0 unspecified atom stereocenters. The Labute approximate surface area is 221 Å². The molecule has 6 heteroatoms. The highest BCUT2D eigenvalue weighted by Gasteiger charge is 2.25. The normalized spacial score (nSPS) is 11.7. The number of rotatable bonds is 9. The SMILES string of the molecule is COc1cc(OC)c(/C=C(\C(=O)Oc2cccc3ccccc23)C(=O)/C(C)=C/c2ccccc2)c(OC)c1. The van der Waals surface area contributed by atoms with Crippen LogP contribution in [0, 0.1) is 0 Å². The number of carbonyl (C=O) groups is 2. The van der Waals surface area contributed by atoms with Crippen LogP contribution in [0.1, 0.15) is 18.1 Å². The van der Waals surface area contributed by atoms with Gasteiger partial charge in [-0.1, -0.05) is 66.7 Å². The van der Waals surface area contributed by atoms with Crippen LogP contribution in [0.2, 0.25) is 0 Å².